The van der Waals surface area contributed by atoms with Crippen LogP contribution in [0.3, 0.4) is 0 Å². The molecule has 170 valence electrons. The maximum Gasteiger partial charge on any atom is 0.431 e. The molecule has 0 aliphatic heterocycles. The summed E-state index contributed by atoms with van der Waals surface area (Å²) in [6.45, 7) is 7.53. The van der Waals surface area contributed by atoms with Gasteiger partial charge in [-0.05, 0) is 50.2 Å². The van der Waals surface area contributed by atoms with Crippen molar-refractivity contribution in [1.29, 1.82) is 0 Å². The van der Waals surface area contributed by atoms with E-state index in [1.807, 2.05) is 6.92 Å². The number of nitrogens with one attached hydrogen (secondary N) is 1. The first-order chi connectivity index (χ1) is 13.7. The maximum absolute atomic E-state index is 14.3. The molecule has 0 aromatic carbocycles. The fraction of sp³-hybridized carbons (Fsp3) is 0.667. The smallest absolute Gasteiger partial charge is 0.368 e. The van der Waals surface area contributed by atoms with Crippen molar-refractivity contribution in [2.24, 2.45) is 5.92 Å². The Labute approximate surface area is 169 Å². The number of nitrogen functional groups attached to an aromatic ring is 1. The summed E-state index contributed by atoms with van der Waals surface area (Å²) >= 11 is 0. The Balaban J connectivity index is 2.23. The van der Waals surface area contributed by atoms with Gasteiger partial charge in [-0.25, -0.2) is 4.39 Å². The van der Waals surface area contributed by atoms with E-state index in [4.69, 9.17) is 5.73 Å². The molecule has 1 fully saturated rings. The molecule has 0 unspecified atom stereocenters. The van der Waals surface area contributed by atoms with Gasteiger partial charge >= 0.3 is 18.0 Å². The number of nitrogens with two attached hydrogens (primary N) is 1. The molecule has 0 radical (unpaired) electrons. The van der Waals surface area contributed by atoms with E-state index in [-0.39, 0.29) is 18.8 Å². The van der Waals surface area contributed by atoms with Gasteiger partial charge in [0.05, 0.1) is 0 Å². The average molecular weight is 443 g/mol. The standard InChI is InChI=1S/C18H24F7N5/c1-4-10(2)11(3)14(30-15(26)27-9-28-30)29-13-7-5-12(6-8-13)16(19,17(20,21)22)18(23,24)25/h9,12-13,29H,2,4-8H2,1,3H3,(H2,26,27,28)/b14-11-/t12-,13+. The Morgan fingerprint density at radius 1 is 1.13 bits per heavy atom. The molecule has 12 heteroatoms. The second-order valence-electron chi connectivity index (χ2n) is 7.36. The minimum absolute atomic E-state index is 0.0476. The molecule has 0 bridgehead atoms. The van der Waals surface area contributed by atoms with Crippen LogP contribution < -0.4 is 11.1 Å². The minimum atomic E-state index is -6.04. The summed E-state index contributed by atoms with van der Waals surface area (Å²) in [5.74, 6) is -1.77. The number of rotatable bonds is 6. The van der Waals surface area contributed by atoms with Crippen LogP contribution in [0.4, 0.5) is 36.7 Å². The Hall–Kier alpha value is -2.27. The van der Waals surface area contributed by atoms with Crippen LogP contribution in [0.2, 0.25) is 0 Å². The van der Waals surface area contributed by atoms with Crippen molar-refractivity contribution in [3.8, 4) is 0 Å². The van der Waals surface area contributed by atoms with Crippen LogP contribution in [0.25, 0.3) is 5.82 Å². The summed E-state index contributed by atoms with van der Waals surface area (Å²) in [4.78, 5) is 3.82. The summed E-state index contributed by atoms with van der Waals surface area (Å²) < 4.78 is 93.6. The van der Waals surface area contributed by atoms with E-state index >= 15 is 0 Å². The van der Waals surface area contributed by atoms with Crippen molar-refractivity contribution in [1.82, 2.24) is 20.1 Å². The zero-order valence-electron chi connectivity index (χ0n) is 16.5. The lowest BCUT2D eigenvalue weighted by Gasteiger charge is -2.40. The summed E-state index contributed by atoms with van der Waals surface area (Å²) in [5, 5.41) is 7.08. The van der Waals surface area contributed by atoms with Gasteiger partial charge in [0.2, 0.25) is 5.95 Å². The highest BCUT2D eigenvalue weighted by molar-refractivity contribution is 5.57. The van der Waals surface area contributed by atoms with Crippen LogP contribution in [0.1, 0.15) is 46.0 Å². The van der Waals surface area contributed by atoms with E-state index in [9.17, 15) is 30.7 Å². The largest absolute Gasteiger partial charge is 0.431 e. The number of aromatic nitrogens is 3. The number of halogens is 7. The zero-order chi connectivity index (χ0) is 22.9. The Morgan fingerprint density at radius 3 is 2.07 bits per heavy atom. The summed E-state index contributed by atoms with van der Waals surface area (Å²) in [7, 11) is 0. The Bertz CT molecular complexity index is 772. The van der Waals surface area contributed by atoms with Gasteiger partial charge in [-0.15, -0.1) is 0 Å². The van der Waals surface area contributed by atoms with Crippen LogP contribution in [-0.4, -0.2) is 38.8 Å². The average Bonchev–Trinajstić information content (AvgIpc) is 3.08. The van der Waals surface area contributed by atoms with E-state index in [0.29, 0.717) is 17.8 Å². The van der Waals surface area contributed by atoms with Crippen molar-refractivity contribution >= 4 is 11.8 Å². The predicted molar refractivity (Wildman–Crippen MR) is 97.6 cm³/mol. The van der Waals surface area contributed by atoms with Crippen LogP contribution >= 0.6 is 0 Å². The van der Waals surface area contributed by atoms with Crippen LogP contribution in [0.15, 0.2) is 24.1 Å². The van der Waals surface area contributed by atoms with E-state index < -0.39 is 42.8 Å². The molecule has 1 aliphatic carbocycles. The van der Waals surface area contributed by atoms with Crippen molar-refractivity contribution < 1.29 is 30.7 Å². The number of anilines is 1. The third-order valence-corrected chi connectivity index (χ3v) is 5.55. The molecule has 2 rings (SSSR count). The number of allylic oxidation sites excluding steroid dienone is 2. The molecule has 1 aliphatic rings. The molecular weight excluding hydrogens is 419 g/mol. The van der Waals surface area contributed by atoms with E-state index in [1.54, 1.807) is 6.92 Å². The fourth-order valence-corrected chi connectivity index (χ4v) is 3.64. The summed E-state index contributed by atoms with van der Waals surface area (Å²) in [6, 6.07) is -0.495. The first-order valence-corrected chi connectivity index (χ1v) is 9.37. The van der Waals surface area contributed by atoms with E-state index in [0.717, 1.165) is 5.57 Å². The lowest BCUT2D eigenvalue weighted by Crippen LogP contribution is -2.59. The number of alkyl halides is 7. The van der Waals surface area contributed by atoms with Gasteiger partial charge in [0, 0.05) is 12.0 Å². The second-order valence-corrected chi connectivity index (χ2v) is 7.36. The van der Waals surface area contributed by atoms with Crippen molar-refractivity contribution in [3.63, 3.8) is 0 Å². The first kappa shape index (κ1) is 24.0. The van der Waals surface area contributed by atoms with Gasteiger partial charge in [-0.2, -0.15) is 41.1 Å². The molecule has 30 heavy (non-hydrogen) atoms. The Morgan fingerprint density at radius 2 is 1.67 bits per heavy atom. The molecular formula is C18H24F7N5. The highest BCUT2D eigenvalue weighted by Gasteiger charge is 2.75. The third-order valence-electron chi connectivity index (χ3n) is 5.55. The topological polar surface area (TPSA) is 68.8 Å². The molecule has 0 saturated heterocycles. The quantitative estimate of drug-likeness (QED) is 0.480. The molecule has 1 aromatic heterocycles. The lowest BCUT2D eigenvalue weighted by molar-refractivity contribution is -0.360. The van der Waals surface area contributed by atoms with Crippen molar-refractivity contribution in [2.45, 2.75) is 70.0 Å². The molecule has 0 atom stereocenters. The van der Waals surface area contributed by atoms with Gasteiger partial charge < -0.3 is 11.1 Å². The summed E-state index contributed by atoms with van der Waals surface area (Å²) in [5.41, 5.74) is 1.96. The summed E-state index contributed by atoms with van der Waals surface area (Å²) in [6.07, 6.45) is -11.6. The highest BCUT2D eigenvalue weighted by atomic mass is 19.4. The van der Waals surface area contributed by atoms with Crippen LogP contribution in [0, 0.1) is 5.92 Å². The number of nitrogens with zero attached hydrogens (tertiary/aromatic N) is 3. The van der Waals surface area contributed by atoms with Crippen molar-refractivity contribution in [2.75, 3.05) is 5.73 Å². The van der Waals surface area contributed by atoms with Crippen LogP contribution in [-0.2, 0) is 0 Å². The first-order valence-electron chi connectivity index (χ1n) is 9.37. The fourth-order valence-electron chi connectivity index (χ4n) is 3.64. The molecule has 3 N–H and O–H groups in total. The van der Waals surface area contributed by atoms with Gasteiger partial charge in [0.15, 0.2) is 0 Å². The lowest BCUT2D eigenvalue weighted by atomic mass is 9.75. The highest BCUT2D eigenvalue weighted by Crippen LogP contribution is 2.54. The third kappa shape index (κ3) is 4.41. The van der Waals surface area contributed by atoms with E-state index in [2.05, 4.69) is 22.0 Å². The van der Waals surface area contributed by atoms with Gasteiger partial charge in [-0.3, -0.25) is 0 Å². The minimum Gasteiger partial charge on any atom is -0.368 e. The normalized spacial score (nSPS) is 21.9. The van der Waals surface area contributed by atoms with Gasteiger partial charge in [0.1, 0.15) is 12.1 Å². The SMILES string of the molecule is C=C(CC)/C(C)=C(/N[C@H]1CC[C@@H](C(F)(C(F)(F)F)C(F)(F)F)CC1)n1ncnc1N. The molecule has 1 saturated carbocycles. The van der Waals surface area contributed by atoms with E-state index in [1.165, 1.54) is 11.0 Å². The number of hydrogen-bond acceptors (Lipinski definition) is 4. The van der Waals surface area contributed by atoms with Gasteiger partial charge in [0.25, 0.3) is 0 Å². The molecule has 0 spiro atoms. The predicted octanol–water partition coefficient (Wildman–Crippen LogP) is 5.00. The van der Waals surface area contributed by atoms with Crippen LogP contribution in [0.5, 0.6) is 0 Å². The van der Waals surface area contributed by atoms with Gasteiger partial charge in [-0.1, -0.05) is 13.5 Å². The van der Waals surface area contributed by atoms with Crippen molar-refractivity contribution in [3.05, 3.63) is 24.1 Å². The Kier molecular flexibility index (Phi) is 6.77. The monoisotopic (exact) mass is 443 g/mol. The maximum atomic E-state index is 14.3. The molecule has 0 amide bonds. The number of hydrogen-bond donors (Lipinski definition) is 2. The molecule has 1 aromatic rings. The molecule has 1 heterocycles. The second kappa shape index (κ2) is 8.46. The molecule has 5 nitrogen and oxygen atoms in total. The zero-order valence-corrected chi connectivity index (χ0v) is 16.5.